The number of ether oxygens (including phenoxy) is 6. The number of hydrogen-bond acceptors (Lipinski definition) is 10. The Balaban J connectivity index is 3.24. The van der Waals surface area contributed by atoms with Crippen LogP contribution in [0.15, 0.2) is 0 Å². The van der Waals surface area contributed by atoms with Crippen molar-refractivity contribution in [3.05, 3.63) is 0 Å². The second-order valence-electron chi connectivity index (χ2n) is 6.91. The average Bonchev–Trinajstić information content (AvgIpc) is 2.60. The van der Waals surface area contributed by atoms with Crippen molar-refractivity contribution in [1.82, 2.24) is 0 Å². The van der Waals surface area contributed by atoms with Gasteiger partial charge in [-0.2, -0.15) is 0 Å². The summed E-state index contributed by atoms with van der Waals surface area (Å²) in [5.74, 6) is -2.41. The topological polar surface area (TPSA) is 124 Å². The summed E-state index contributed by atoms with van der Waals surface area (Å²) in [7, 11) is 0. The van der Waals surface area contributed by atoms with E-state index in [-0.39, 0.29) is 19.1 Å². The highest BCUT2D eigenvalue weighted by Gasteiger charge is 2.52. The Morgan fingerprint density at radius 1 is 0.828 bits per heavy atom. The molecule has 0 saturated carbocycles. The third-order valence-corrected chi connectivity index (χ3v) is 4.19. The summed E-state index contributed by atoms with van der Waals surface area (Å²) in [6, 6.07) is 0. The molecule has 29 heavy (non-hydrogen) atoms. The van der Waals surface area contributed by atoms with Crippen LogP contribution in [0, 0.1) is 5.92 Å². The molecular weight excluding hydrogens is 388 g/mol. The average molecular weight is 418 g/mol. The predicted octanol–water partition coefficient (Wildman–Crippen LogP) is 1.13. The van der Waals surface area contributed by atoms with E-state index in [1.54, 1.807) is 0 Å². The molecule has 1 fully saturated rings. The first-order valence-electron chi connectivity index (χ1n) is 9.47. The van der Waals surface area contributed by atoms with Gasteiger partial charge in [-0.05, 0) is 5.92 Å². The maximum Gasteiger partial charge on any atom is 0.303 e. The number of hydrogen-bond donors (Lipinski definition) is 0. The van der Waals surface area contributed by atoms with Gasteiger partial charge in [-0.15, -0.1) is 0 Å². The fourth-order valence-electron chi connectivity index (χ4n) is 2.70. The van der Waals surface area contributed by atoms with Crippen molar-refractivity contribution in [1.29, 1.82) is 0 Å². The highest BCUT2D eigenvalue weighted by molar-refractivity contribution is 5.68. The Bertz CT molecular complexity index is 590. The van der Waals surface area contributed by atoms with Crippen molar-refractivity contribution in [2.45, 2.75) is 78.7 Å². The lowest BCUT2D eigenvalue weighted by Gasteiger charge is -2.44. The number of carbonyl (C=O) groups excluding carboxylic acids is 4. The smallest absolute Gasteiger partial charge is 0.303 e. The summed E-state index contributed by atoms with van der Waals surface area (Å²) < 4.78 is 32.5. The summed E-state index contributed by atoms with van der Waals surface area (Å²) in [5, 5.41) is 0. The van der Waals surface area contributed by atoms with Crippen molar-refractivity contribution in [2.24, 2.45) is 5.92 Å². The molecule has 0 spiro atoms. The number of carbonyl (C=O) groups is 4. The molecule has 0 unspecified atom stereocenters. The van der Waals surface area contributed by atoms with Crippen molar-refractivity contribution in [2.75, 3.05) is 13.2 Å². The molecule has 166 valence electrons. The molecule has 0 N–H and O–H groups in total. The Kier molecular flexibility index (Phi) is 10.0. The van der Waals surface area contributed by atoms with Gasteiger partial charge in [0.1, 0.15) is 12.7 Å². The van der Waals surface area contributed by atoms with Gasteiger partial charge in [0, 0.05) is 27.7 Å². The zero-order valence-corrected chi connectivity index (χ0v) is 17.7. The van der Waals surface area contributed by atoms with Gasteiger partial charge in [-0.1, -0.05) is 20.3 Å². The molecule has 1 rings (SSSR count). The van der Waals surface area contributed by atoms with Crippen LogP contribution in [0.3, 0.4) is 0 Å². The van der Waals surface area contributed by atoms with E-state index < -0.39 is 54.6 Å². The van der Waals surface area contributed by atoms with Crippen molar-refractivity contribution >= 4 is 23.9 Å². The van der Waals surface area contributed by atoms with Crippen LogP contribution in [-0.2, 0) is 47.6 Å². The monoisotopic (exact) mass is 418 g/mol. The molecule has 0 bridgehead atoms. The van der Waals surface area contributed by atoms with E-state index in [9.17, 15) is 19.2 Å². The van der Waals surface area contributed by atoms with Crippen LogP contribution in [0.25, 0.3) is 0 Å². The van der Waals surface area contributed by atoms with Gasteiger partial charge in [0.2, 0.25) is 0 Å². The van der Waals surface area contributed by atoms with Crippen LogP contribution in [0.5, 0.6) is 0 Å². The zero-order valence-electron chi connectivity index (χ0n) is 17.7. The van der Waals surface area contributed by atoms with E-state index >= 15 is 0 Å². The van der Waals surface area contributed by atoms with E-state index in [1.807, 2.05) is 13.8 Å². The summed E-state index contributed by atoms with van der Waals surface area (Å²) in [6.45, 7) is 8.69. The quantitative estimate of drug-likeness (QED) is 0.397. The summed E-state index contributed by atoms with van der Waals surface area (Å²) in [5.41, 5.74) is 0. The first-order valence-corrected chi connectivity index (χ1v) is 9.47. The summed E-state index contributed by atoms with van der Waals surface area (Å²) >= 11 is 0. The molecule has 10 heteroatoms. The normalized spacial score (nSPS) is 27.4. The van der Waals surface area contributed by atoms with Gasteiger partial charge in [0.15, 0.2) is 24.6 Å². The molecule has 0 amide bonds. The van der Waals surface area contributed by atoms with Crippen LogP contribution < -0.4 is 0 Å². The van der Waals surface area contributed by atoms with Gasteiger partial charge in [0.05, 0.1) is 6.61 Å². The van der Waals surface area contributed by atoms with Gasteiger partial charge < -0.3 is 28.4 Å². The van der Waals surface area contributed by atoms with E-state index in [0.29, 0.717) is 0 Å². The van der Waals surface area contributed by atoms with Gasteiger partial charge >= 0.3 is 23.9 Å². The predicted molar refractivity (Wildman–Crippen MR) is 97.4 cm³/mol. The van der Waals surface area contributed by atoms with E-state index in [4.69, 9.17) is 28.4 Å². The minimum atomic E-state index is -1.21. The molecule has 0 aromatic carbocycles. The SMILES string of the molecule is CC[C@H](C)CO[C@@H]1O[C@H](COC(C)=O)[C@@H](OC(C)=O)[C@H](OC(C)=O)[C@H]1OC(C)=O. The van der Waals surface area contributed by atoms with E-state index in [2.05, 4.69) is 0 Å². The second-order valence-corrected chi connectivity index (χ2v) is 6.91. The van der Waals surface area contributed by atoms with Crippen LogP contribution in [0.2, 0.25) is 0 Å². The minimum absolute atomic E-state index is 0.182. The molecule has 1 heterocycles. The molecule has 0 aromatic rings. The first kappa shape index (κ1) is 24.8. The Hall–Kier alpha value is -2.20. The van der Waals surface area contributed by atoms with Crippen LogP contribution in [0.1, 0.15) is 48.0 Å². The van der Waals surface area contributed by atoms with Gasteiger partial charge in [-0.3, -0.25) is 19.2 Å². The molecule has 1 aliphatic rings. The van der Waals surface area contributed by atoms with Crippen molar-refractivity contribution < 1.29 is 47.6 Å². The maximum absolute atomic E-state index is 11.7. The molecule has 6 atom stereocenters. The van der Waals surface area contributed by atoms with E-state index in [1.165, 1.54) is 27.7 Å². The summed E-state index contributed by atoms with van der Waals surface area (Å²) in [4.78, 5) is 46.2. The lowest BCUT2D eigenvalue weighted by Crippen LogP contribution is -2.63. The standard InChI is InChI=1S/C19H30O10/c1-7-10(2)8-25-19-18(28-14(6)23)17(27-13(5)22)16(26-12(4)21)15(29-19)9-24-11(3)20/h10,15-19H,7-9H2,1-6H3/t10-,15+,16+,17-,18+,19+/m0/s1. The zero-order chi connectivity index (χ0) is 22.1. The lowest BCUT2D eigenvalue weighted by atomic mass is 9.98. The minimum Gasteiger partial charge on any atom is -0.463 e. The Labute approximate surface area is 170 Å². The summed E-state index contributed by atoms with van der Waals surface area (Å²) in [6.07, 6.45) is -4.85. The Morgan fingerprint density at radius 3 is 1.83 bits per heavy atom. The molecule has 1 saturated heterocycles. The molecule has 0 radical (unpaired) electrons. The highest BCUT2D eigenvalue weighted by Crippen LogP contribution is 2.30. The molecular formula is C19H30O10. The van der Waals surface area contributed by atoms with Gasteiger partial charge in [-0.25, -0.2) is 0 Å². The third kappa shape index (κ3) is 8.36. The fourth-order valence-corrected chi connectivity index (χ4v) is 2.70. The first-order chi connectivity index (χ1) is 13.5. The fraction of sp³-hybridized carbons (Fsp3) is 0.789. The van der Waals surface area contributed by atoms with Gasteiger partial charge in [0.25, 0.3) is 0 Å². The Morgan fingerprint density at radius 2 is 1.34 bits per heavy atom. The van der Waals surface area contributed by atoms with Crippen molar-refractivity contribution in [3.63, 3.8) is 0 Å². The van der Waals surface area contributed by atoms with Crippen LogP contribution in [-0.4, -0.2) is 67.8 Å². The molecule has 1 aliphatic heterocycles. The third-order valence-electron chi connectivity index (χ3n) is 4.19. The number of esters is 4. The van der Waals surface area contributed by atoms with Crippen molar-refractivity contribution in [3.8, 4) is 0 Å². The molecule has 10 nitrogen and oxygen atoms in total. The van der Waals surface area contributed by atoms with E-state index in [0.717, 1.165) is 6.42 Å². The van der Waals surface area contributed by atoms with Crippen LogP contribution in [0.4, 0.5) is 0 Å². The molecule has 0 aromatic heterocycles. The lowest BCUT2D eigenvalue weighted by molar-refractivity contribution is -0.309. The highest BCUT2D eigenvalue weighted by atomic mass is 16.7. The molecule has 0 aliphatic carbocycles. The largest absolute Gasteiger partial charge is 0.463 e. The maximum atomic E-state index is 11.7. The van der Waals surface area contributed by atoms with Crippen LogP contribution >= 0.6 is 0 Å². The second kappa shape index (κ2) is 11.7. The number of rotatable bonds is 9.